The maximum Gasteiger partial charge on any atom is 0.254 e. The number of nitrogens with zero attached hydrogens (tertiary/aromatic N) is 5. The van der Waals surface area contributed by atoms with Gasteiger partial charge < -0.3 is 94.4 Å². The van der Waals surface area contributed by atoms with Crippen LogP contribution in [0.15, 0.2) is 54.8 Å². The van der Waals surface area contributed by atoms with Crippen molar-refractivity contribution in [3.05, 3.63) is 35.4 Å². The lowest BCUT2D eigenvalue weighted by molar-refractivity contribution is -0.135. The highest BCUT2D eigenvalue weighted by molar-refractivity contribution is 6.15. The molecule has 420 valence electrons. The van der Waals surface area contributed by atoms with E-state index in [1.54, 1.807) is 30.3 Å². The molecule has 0 aromatic heterocycles. The summed E-state index contributed by atoms with van der Waals surface area (Å²) in [6, 6.07) is 0.316. The number of aliphatic imine (C=N–C) groups is 5. The number of nitrogens with one attached hydrogen (secondary N) is 6. The van der Waals surface area contributed by atoms with E-state index in [1.807, 2.05) is 0 Å². The molecule has 0 saturated carbocycles. The highest BCUT2D eigenvalue weighted by Gasteiger charge is 2.32. The fourth-order valence-corrected chi connectivity index (χ4v) is 7.14. The van der Waals surface area contributed by atoms with Gasteiger partial charge in [-0.05, 0) is 94.4 Å². The molecule has 8 amide bonds. The van der Waals surface area contributed by atoms with Crippen molar-refractivity contribution in [2.75, 3.05) is 39.3 Å². The molecular weight excluding hydrogens is 993 g/mol. The number of amides is 8. The highest BCUT2D eigenvalue weighted by Crippen LogP contribution is 2.18. The second kappa shape index (κ2) is 34.5. The zero-order valence-electron chi connectivity index (χ0n) is 42.5. The van der Waals surface area contributed by atoms with Crippen LogP contribution >= 0.6 is 0 Å². The fraction of sp³-hybridized carbons (Fsp3) is 0.533. The molecule has 76 heavy (non-hydrogen) atoms. The molecule has 1 fully saturated rings. The van der Waals surface area contributed by atoms with Crippen LogP contribution in [0.1, 0.15) is 89.0 Å². The van der Waals surface area contributed by atoms with Crippen molar-refractivity contribution in [1.29, 1.82) is 0 Å². The summed E-state index contributed by atoms with van der Waals surface area (Å²) in [6.45, 7) is 0.504. The third-order valence-electron chi connectivity index (χ3n) is 10.9. The standard InChI is InChI=1S/C45H76N22O9/c46-35(70)28(7-1-17-57-41(47)48)63-38(73)30(9-3-19-59-43(51)52)65-40(75)32(11-5-21-61-45(55)56)66-39(74)31(10-4-20-60-44(53)54)64-37(72)29(8-2-18-58-42(49)50)62-33(68)12-6-22-76-27-15-13-25(14-16-27)23-26-24-34(69)67-36(26)71/h13-16,23,28-32H,1-12,17-22,24H2,(H2,46,70)(H,62,68)(H,63,73)(H,64,72)(H,65,75)(H,66,74)(H4,47,48,57)(H4,49,50,58)(H4,51,52,59)(H4,53,54,60)(H4,55,56,61)(H,67,69,71)/t28-,29-,30-,31-,32-/m0/s1. The topological polar surface area (TPSA) is 566 Å². The minimum absolute atomic E-state index is 0.00901. The van der Waals surface area contributed by atoms with Gasteiger partial charge in [-0.3, -0.25) is 68.6 Å². The number of benzene rings is 1. The zero-order valence-corrected chi connectivity index (χ0v) is 42.5. The number of hydrogen-bond acceptors (Lipinski definition) is 14. The van der Waals surface area contributed by atoms with Crippen molar-refractivity contribution < 1.29 is 43.1 Å². The van der Waals surface area contributed by atoms with E-state index in [-0.39, 0.29) is 159 Å². The Kier molecular flexibility index (Phi) is 28.7. The van der Waals surface area contributed by atoms with Gasteiger partial charge in [0.1, 0.15) is 36.0 Å². The van der Waals surface area contributed by atoms with Gasteiger partial charge in [0, 0.05) is 44.7 Å². The summed E-state index contributed by atoms with van der Waals surface area (Å²) < 4.78 is 5.79. The number of nitrogens with two attached hydrogens (primary N) is 11. The smallest absolute Gasteiger partial charge is 0.254 e. The van der Waals surface area contributed by atoms with Crippen molar-refractivity contribution in [2.45, 2.75) is 114 Å². The molecule has 28 N–H and O–H groups in total. The van der Waals surface area contributed by atoms with E-state index >= 15 is 0 Å². The molecule has 1 aromatic carbocycles. The molecule has 0 aliphatic carbocycles. The van der Waals surface area contributed by atoms with E-state index in [4.69, 9.17) is 67.8 Å². The summed E-state index contributed by atoms with van der Waals surface area (Å²) in [5.74, 6) is -5.97. The molecule has 0 bridgehead atoms. The molecule has 1 aliphatic rings. The SMILES string of the molecule is NC(=O)[C@H](CCCN=C(N)N)NC(=O)[C@H](CCCN=C(N)N)NC(=O)[C@H](CCCN=C(N)N)NC(=O)[C@H](CCCN=C(N)N)NC(=O)[C@H](CCCN=C(N)N)NC(=O)CCCOc1ccc(C=C2CC(=O)NC2=O)cc1. The average Bonchev–Trinajstić information content (AvgIpc) is 3.66. The van der Waals surface area contributed by atoms with Crippen LogP contribution in [-0.2, 0) is 38.4 Å². The van der Waals surface area contributed by atoms with Crippen LogP contribution in [0.4, 0.5) is 0 Å². The van der Waals surface area contributed by atoms with Gasteiger partial charge in [0.15, 0.2) is 29.8 Å². The number of guanidine groups is 5. The van der Waals surface area contributed by atoms with E-state index in [9.17, 15) is 38.4 Å². The maximum atomic E-state index is 14.3. The van der Waals surface area contributed by atoms with E-state index in [0.717, 1.165) is 0 Å². The van der Waals surface area contributed by atoms with Gasteiger partial charge in [-0.2, -0.15) is 0 Å². The second-order valence-electron chi connectivity index (χ2n) is 17.3. The molecule has 5 atom stereocenters. The Bertz CT molecular complexity index is 2300. The first-order chi connectivity index (χ1) is 36.0. The number of primary amides is 1. The third-order valence-corrected chi connectivity index (χ3v) is 10.9. The molecule has 1 heterocycles. The lowest BCUT2D eigenvalue weighted by Crippen LogP contribution is -2.59. The van der Waals surface area contributed by atoms with E-state index in [1.165, 1.54) is 0 Å². The third kappa shape index (κ3) is 27.2. The lowest BCUT2D eigenvalue weighted by Gasteiger charge is -2.27. The van der Waals surface area contributed by atoms with Crippen molar-refractivity contribution in [1.82, 2.24) is 31.9 Å². The van der Waals surface area contributed by atoms with Crippen LogP contribution in [0, 0.1) is 0 Å². The predicted octanol–water partition coefficient (Wildman–Crippen LogP) is -6.55. The van der Waals surface area contributed by atoms with Crippen molar-refractivity contribution in [3.63, 3.8) is 0 Å². The second-order valence-corrected chi connectivity index (χ2v) is 17.3. The Morgan fingerprint density at radius 2 is 0.842 bits per heavy atom. The van der Waals surface area contributed by atoms with Crippen LogP contribution in [0.2, 0.25) is 0 Å². The molecule has 0 spiro atoms. The summed E-state index contributed by atoms with van der Waals surface area (Å²) in [5.41, 5.74) is 61.4. The molecule has 0 unspecified atom stereocenters. The van der Waals surface area contributed by atoms with Gasteiger partial charge in [-0.15, -0.1) is 0 Å². The van der Waals surface area contributed by atoms with Gasteiger partial charge in [0.05, 0.1) is 13.0 Å². The van der Waals surface area contributed by atoms with Crippen molar-refractivity contribution >= 4 is 83.1 Å². The van der Waals surface area contributed by atoms with Gasteiger partial charge in [-0.25, -0.2) is 0 Å². The van der Waals surface area contributed by atoms with Crippen molar-refractivity contribution in [3.8, 4) is 5.75 Å². The number of carbonyl (C=O) groups is 8. The predicted molar refractivity (Wildman–Crippen MR) is 285 cm³/mol. The minimum Gasteiger partial charge on any atom is -0.494 e. The van der Waals surface area contributed by atoms with Crippen LogP contribution in [0.5, 0.6) is 5.75 Å². The largest absolute Gasteiger partial charge is 0.494 e. The van der Waals surface area contributed by atoms with Crippen LogP contribution < -0.4 is 99.7 Å². The summed E-state index contributed by atoms with van der Waals surface area (Å²) in [6.07, 6.45) is 2.60. The van der Waals surface area contributed by atoms with Gasteiger partial charge >= 0.3 is 0 Å². The molecule has 31 nitrogen and oxygen atoms in total. The Hall–Kier alpha value is -8.93. The van der Waals surface area contributed by atoms with Gasteiger partial charge in [-0.1, -0.05) is 12.1 Å². The van der Waals surface area contributed by atoms with Gasteiger partial charge in [0.25, 0.3) is 5.91 Å². The summed E-state index contributed by atoms with van der Waals surface area (Å²) in [4.78, 5) is 125. The van der Waals surface area contributed by atoms with E-state index < -0.39 is 71.6 Å². The minimum atomic E-state index is -1.38. The van der Waals surface area contributed by atoms with E-state index in [2.05, 4.69) is 56.9 Å². The lowest BCUT2D eigenvalue weighted by atomic mass is 10.0. The summed E-state index contributed by atoms with van der Waals surface area (Å²) in [7, 11) is 0. The number of carbonyl (C=O) groups excluding carboxylic acids is 8. The normalized spacial score (nSPS) is 14.2. The number of ether oxygens (including phenoxy) is 1. The first-order valence-electron chi connectivity index (χ1n) is 24.4. The Labute approximate surface area is 439 Å². The first-order valence-corrected chi connectivity index (χ1v) is 24.4. The maximum absolute atomic E-state index is 14.3. The highest BCUT2D eigenvalue weighted by atomic mass is 16.5. The zero-order chi connectivity index (χ0) is 56.6. The summed E-state index contributed by atoms with van der Waals surface area (Å²) >= 11 is 0. The Morgan fingerprint density at radius 3 is 1.17 bits per heavy atom. The quantitative estimate of drug-likeness (QED) is 0.00977. The Balaban J connectivity index is 2.35. The average molecular weight is 1070 g/mol. The monoisotopic (exact) mass is 1070 g/mol. The fourth-order valence-electron chi connectivity index (χ4n) is 7.14. The number of imide groups is 1. The van der Waals surface area contributed by atoms with Crippen LogP contribution in [0.25, 0.3) is 6.08 Å². The molecule has 1 saturated heterocycles. The van der Waals surface area contributed by atoms with Gasteiger partial charge in [0.2, 0.25) is 41.4 Å². The Morgan fingerprint density at radius 1 is 0.500 bits per heavy atom. The number of rotatable bonds is 36. The molecule has 31 heteroatoms. The molecule has 1 aromatic rings. The van der Waals surface area contributed by atoms with Crippen LogP contribution in [0.3, 0.4) is 0 Å². The molecular formula is C45H76N22O9. The summed E-state index contributed by atoms with van der Waals surface area (Å²) in [5, 5.41) is 15.5. The van der Waals surface area contributed by atoms with Crippen molar-refractivity contribution in [2.24, 2.45) is 88.0 Å². The molecule has 1 aliphatic heterocycles. The first kappa shape index (κ1) is 63.2. The number of hydrogen-bond donors (Lipinski definition) is 17. The molecule has 0 radical (unpaired) electrons. The molecule has 2 rings (SSSR count). The van der Waals surface area contributed by atoms with E-state index in [0.29, 0.717) is 16.9 Å². The van der Waals surface area contributed by atoms with Crippen LogP contribution in [-0.4, -0.2) is 147 Å².